The minimum absolute atomic E-state index is 0.0808. The van der Waals surface area contributed by atoms with E-state index in [9.17, 15) is 9.59 Å². The second-order valence-electron chi connectivity index (χ2n) is 10.1. The molecule has 1 unspecified atom stereocenters. The van der Waals surface area contributed by atoms with Crippen LogP contribution < -0.4 is 20.5 Å². The van der Waals surface area contributed by atoms with Gasteiger partial charge in [-0.15, -0.1) is 0 Å². The van der Waals surface area contributed by atoms with Crippen molar-refractivity contribution in [2.45, 2.75) is 33.4 Å². The van der Waals surface area contributed by atoms with Gasteiger partial charge in [-0.1, -0.05) is 0 Å². The van der Waals surface area contributed by atoms with Crippen LogP contribution in [0.25, 0.3) is 33.2 Å². The average Bonchev–Trinajstić information content (AvgIpc) is 2.87. The lowest BCUT2D eigenvalue weighted by Gasteiger charge is -2.37. The number of pyridine rings is 3. The third kappa shape index (κ3) is 3.63. The predicted molar refractivity (Wildman–Crippen MR) is 143 cm³/mol. The van der Waals surface area contributed by atoms with E-state index >= 15 is 4.39 Å². The first-order chi connectivity index (χ1) is 17.8. The molecule has 0 N–H and O–H groups in total. The molecule has 1 fully saturated rings. The van der Waals surface area contributed by atoms with E-state index in [4.69, 9.17) is 4.74 Å². The molecule has 6 rings (SSSR count). The molecule has 4 aromatic rings. The standard InChI is InChI=1S/C28H30FN5O3/c1-5-33-22(13-23(35)18-7-6-16(2)30-28(18)33)20-14-34-17(3)15-37-27-24(34)19(26(20)36)12-21(29)25(27)32-10-8-31(4)9-11-32/h6-7,12-14,17H,5,8-11,15H2,1-4H3. The Hall–Kier alpha value is -3.72. The molecule has 1 atom stereocenters. The number of piperazine rings is 1. The van der Waals surface area contributed by atoms with Crippen LogP contribution in [0.3, 0.4) is 0 Å². The van der Waals surface area contributed by atoms with Gasteiger partial charge in [0, 0.05) is 50.7 Å². The lowest BCUT2D eigenvalue weighted by Crippen LogP contribution is -2.45. The summed E-state index contributed by atoms with van der Waals surface area (Å²) in [6.07, 6.45) is 1.80. The SMILES string of the molecule is CCn1c(-c2cn3c4c(c(N5CCN(C)CC5)c(F)cc4c2=O)OCC3C)cc(=O)c2ccc(C)nc21. The molecule has 192 valence electrons. The number of ether oxygens (including phenoxy) is 1. The Morgan fingerprint density at radius 1 is 1.11 bits per heavy atom. The Balaban J connectivity index is 1.65. The number of likely N-dealkylation sites (N-methyl/N-ethyl adjacent to an activating group) is 1. The molecule has 0 amide bonds. The highest BCUT2D eigenvalue weighted by Gasteiger charge is 2.31. The fourth-order valence-corrected chi connectivity index (χ4v) is 5.60. The number of rotatable bonds is 3. The molecule has 8 nitrogen and oxygen atoms in total. The van der Waals surface area contributed by atoms with Crippen molar-refractivity contribution in [3.63, 3.8) is 0 Å². The minimum atomic E-state index is -0.467. The Labute approximate surface area is 213 Å². The number of hydrogen-bond donors (Lipinski definition) is 0. The summed E-state index contributed by atoms with van der Waals surface area (Å²) in [7, 11) is 2.05. The number of halogens is 1. The zero-order valence-electron chi connectivity index (χ0n) is 21.5. The van der Waals surface area contributed by atoms with E-state index in [1.54, 1.807) is 12.3 Å². The normalized spacial score (nSPS) is 18.0. The molecule has 3 aromatic heterocycles. The van der Waals surface area contributed by atoms with Crippen LogP contribution in [0.1, 0.15) is 25.6 Å². The number of benzene rings is 1. The van der Waals surface area contributed by atoms with Crippen molar-refractivity contribution in [1.82, 2.24) is 19.0 Å². The molecule has 0 radical (unpaired) electrons. The largest absolute Gasteiger partial charge is 0.487 e. The molecule has 0 bridgehead atoms. The van der Waals surface area contributed by atoms with Crippen LogP contribution in [0, 0.1) is 12.7 Å². The van der Waals surface area contributed by atoms with Crippen molar-refractivity contribution >= 4 is 27.6 Å². The summed E-state index contributed by atoms with van der Waals surface area (Å²) in [6.45, 7) is 9.71. The number of anilines is 1. The number of fused-ring (bicyclic) bond motifs is 1. The maximum absolute atomic E-state index is 15.7. The fraction of sp³-hybridized carbons (Fsp3) is 0.393. The summed E-state index contributed by atoms with van der Waals surface area (Å²) < 4.78 is 25.7. The van der Waals surface area contributed by atoms with Crippen LogP contribution in [0.4, 0.5) is 10.1 Å². The third-order valence-electron chi connectivity index (χ3n) is 7.65. The van der Waals surface area contributed by atoms with Crippen LogP contribution in [-0.2, 0) is 6.54 Å². The second kappa shape index (κ2) is 8.69. The average molecular weight is 504 g/mol. The van der Waals surface area contributed by atoms with Gasteiger partial charge in [-0.2, -0.15) is 0 Å². The Bertz CT molecular complexity index is 1680. The molecular formula is C28H30FN5O3. The summed E-state index contributed by atoms with van der Waals surface area (Å²) in [4.78, 5) is 35.8. The fourth-order valence-electron chi connectivity index (χ4n) is 5.60. The van der Waals surface area contributed by atoms with E-state index in [1.165, 1.54) is 12.1 Å². The zero-order chi connectivity index (χ0) is 26.0. The van der Waals surface area contributed by atoms with Gasteiger partial charge in [0.2, 0.25) is 0 Å². The summed E-state index contributed by atoms with van der Waals surface area (Å²) in [5.41, 5.74) is 2.65. The Morgan fingerprint density at radius 2 is 1.86 bits per heavy atom. The van der Waals surface area contributed by atoms with Gasteiger partial charge < -0.3 is 23.7 Å². The van der Waals surface area contributed by atoms with Crippen LogP contribution in [-0.4, -0.2) is 58.9 Å². The van der Waals surface area contributed by atoms with Gasteiger partial charge >= 0.3 is 0 Å². The van der Waals surface area contributed by atoms with Crippen molar-refractivity contribution < 1.29 is 9.13 Å². The molecule has 1 saturated heterocycles. The van der Waals surface area contributed by atoms with Crippen LogP contribution >= 0.6 is 0 Å². The smallest absolute Gasteiger partial charge is 0.198 e. The highest BCUT2D eigenvalue weighted by molar-refractivity contribution is 5.94. The molecule has 2 aliphatic rings. The topological polar surface area (TPSA) is 72.6 Å². The van der Waals surface area contributed by atoms with Gasteiger partial charge in [-0.05, 0) is 46.0 Å². The molecule has 9 heteroatoms. The maximum Gasteiger partial charge on any atom is 0.198 e. The lowest BCUT2D eigenvalue weighted by molar-refractivity contribution is 0.245. The first-order valence-electron chi connectivity index (χ1n) is 12.8. The van der Waals surface area contributed by atoms with Gasteiger partial charge in [0.05, 0.1) is 33.6 Å². The minimum Gasteiger partial charge on any atom is -0.487 e. The van der Waals surface area contributed by atoms with E-state index in [0.29, 0.717) is 65.5 Å². The van der Waals surface area contributed by atoms with Gasteiger partial charge in [0.1, 0.15) is 17.9 Å². The number of aryl methyl sites for hydroxylation is 2. The monoisotopic (exact) mass is 503 g/mol. The Morgan fingerprint density at radius 3 is 2.59 bits per heavy atom. The molecule has 0 aliphatic carbocycles. The van der Waals surface area contributed by atoms with E-state index < -0.39 is 5.82 Å². The van der Waals surface area contributed by atoms with Crippen molar-refractivity contribution in [2.75, 3.05) is 44.7 Å². The number of nitrogens with zero attached hydrogens (tertiary/aromatic N) is 5. The molecule has 5 heterocycles. The molecule has 1 aromatic carbocycles. The van der Waals surface area contributed by atoms with Crippen LogP contribution in [0.15, 0.2) is 40.1 Å². The van der Waals surface area contributed by atoms with Crippen molar-refractivity contribution in [3.8, 4) is 17.0 Å². The summed E-state index contributed by atoms with van der Waals surface area (Å²) in [6, 6.07) is 6.34. The lowest BCUT2D eigenvalue weighted by atomic mass is 10.0. The Kier molecular flexibility index (Phi) is 5.56. The first-order valence-corrected chi connectivity index (χ1v) is 12.8. The second-order valence-corrected chi connectivity index (χ2v) is 10.1. The molecule has 0 spiro atoms. The van der Waals surface area contributed by atoms with Crippen LogP contribution in [0.5, 0.6) is 5.75 Å². The summed E-state index contributed by atoms with van der Waals surface area (Å²) in [5, 5.41) is 0.757. The van der Waals surface area contributed by atoms with Gasteiger partial charge in [-0.25, -0.2) is 9.37 Å². The van der Waals surface area contributed by atoms with E-state index in [-0.39, 0.29) is 22.3 Å². The zero-order valence-corrected chi connectivity index (χ0v) is 21.5. The highest BCUT2D eigenvalue weighted by Crippen LogP contribution is 2.42. The maximum atomic E-state index is 15.7. The first kappa shape index (κ1) is 23.7. The van der Waals surface area contributed by atoms with E-state index in [2.05, 4.69) is 16.9 Å². The molecule has 37 heavy (non-hydrogen) atoms. The van der Waals surface area contributed by atoms with Crippen molar-refractivity contribution in [1.29, 1.82) is 0 Å². The number of hydrogen-bond acceptors (Lipinski definition) is 6. The molecule has 0 saturated carbocycles. The quantitative estimate of drug-likeness (QED) is 0.426. The summed E-state index contributed by atoms with van der Waals surface area (Å²) >= 11 is 0. The molecule has 2 aliphatic heterocycles. The van der Waals surface area contributed by atoms with E-state index in [1.807, 2.05) is 40.9 Å². The third-order valence-corrected chi connectivity index (χ3v) is 7.65. The predicted octanol–water partition coefficient (Wildman–Crippen LogP) is 3.55. The van der Waals surface area contributed by atoms with Crippen LogP contribution in [0.2, 0.25) is 0 Å². The van der Waals surface area contributed by atoms with Gasteiger partial charge in [0.25, 0.3) is 0 Å². The highest BCUT2D eigenvalue weighted by atomic mass is 19.1. The number of aromatic nitrogens is 3. The van der Waals surface area contributed by atoms with E-state index in [0.717, 1.165) is 18.8 Å². The van der Waals surface area contributed by atoms with Crippen molar-refractivity contribution in [3.05, 3.63) is 62.4 Å². The summed E-state index contributed by atoms with van der Waals surface area (Å²) in [5.74, 6) is -0.0453. The van der Waals surface area contributed by atoms with Gasteiger partial charge in [-0.3, -0.25) is 9.59 Å². The molecular weight excluding hydrogens is 473 g/mol. The van der Waals surface area contributed by atoms with Gasteiger partial charge in [0.15, 0.2) is 22.4 Å². The van der Waals surface area contributed by atoms with Crippen molar-refractivity contribution in [2.24, 2.45) is 0 Å².